The fourth-order valence-electron chi connectivity index (χ4n) is 3.16. The van der Waals surface area contributed by atoms with E-state index in [2.05, 4.69) is 17.4 Å². The quantitative estimate of drug-likeness (QED) is 0.577. The molecule has 3 aromatic rings. The topological polar surface area (TPSA) is 81.4 Å². The fourth-order valence-corrected chi connectivity index (χ4v) is 3.16. The zero-order valence-electron chi connectivity index (χ0n) is 16.9. The molecule has 0 aromatic heterocycles. The Kier molecular flexibility index (Phi) is 7.22. The molecule has 0 fully saturated rings. The lowest BCUT2D eigenvalue weighted by Crippen LogP contribution is -2.46. The van der Waals surface area contributed by atoms with Crippen molar-refractivity contribution in [2.75, 3.05) is 7.11 Å². The second-order valence-electron chi connectivity index (χ2n) is 6.99. The Morgan fingerprint density at radius 3 is 2.30 bits per heavy atom. The Hall–Kier alpha value is -3.60. The van der Waals surface area contributed by atoms with Crippen LogP contribution in [-0.2, 0) is 22.4 Å². The highest BCUT2D eigenvalue weighted by molar-refractivity contribution is 5.91. The first-order chi connectivity index (χ1) is 14.5. The summed E-state index contributed by atoms with van der Waals surface area (Å²) in [6, 6.07) is 24.7. The third-order valence-corrected chi connectivity index (χ3v) is 4.82. The number of carbonyl (C=O) groups is 2. The summed E-state index contributed by atoms with van der Waals surface area (Å²) in [6.45, 7) is 0. The summed E-state index contributed by atoms with van der Waals surface area (Å²) >= 11 is 0. The number of nitrogens with two attached hydrogens (primary N) is 1. The van der Waals surface area contributed by atoms with Crippen molar-refractivity contribution >= 4 is 11.8 Å². The summed E-state index contributed by atoms with van der Waals surface area (Å²) in [5.74, 6) is -0.215. The Morgan fingerprint density at radius 1 is 0.933 bits per heavy atom. The smallest absolute Gasteiger partial charge is 0.240 e. The van der Waals surface area contributed by atoms with Crippen LogP contribution in [-0.4, -0.2) is 25.0 Å². The summed E-state index contributed by atoms with van der Waals surface area (Å²) < 4.78 is 5.19. The SMILES string of the molecule is COc1cccc(C[C@H](NC(=O)[CH]Cc2ccc(-c3ccccc3)cc2)C(N)=O)c1. The van der Waals surface area contributed by atoms with E-state index in [0.717, 1.165) is 22.3 Å². The number of methoxy groups -OCH3 is 1. The van der Waals surface area contributed by atoms with Crippen LogP contribution in [0.25, 0.3) is 11.1 Å². The number of benzene rings is 3. The molecule has 0 unspecified atom stereocenters. The number of hydrogen-bond acceptors (Lipinski definition) is 3. The lowest BCUT2D eigenvalue weighted by atomic mass is 10.0. The number of hydrogen-bond donors (Lipinski definition) is 2. The van der Waals surface area contributed by atoms with Gasteiger partial charge in [-0.15, -0.1) is 0 Å². The summed E-state index contributed by atoms with van der Waals surface area (Å²) in [7, 11) is 1.58. The minimum atomic E-state index is -0.790. The van der Waals surface area contributed by atoms with Gasteiger partial charge in [-0.05, 0) is 40.8 Å². The molecule has 3 N–H and O–H groups in total. The van der Waals surface area contributed by atoms with Gasteiger partial charge in [0.1, 0.15) is 11.8 Å². The van der Waals surface area contributed by atoms with Gasteiger partial charge in [0.2, 0.25) is 11.8 Å². The van der Waals surface area contributed by atoms with Crippen LogP contribution in [0.2, 0.25) is 0 Å². The molecule has 3 rings (SSSR count). The van der Waals surface area contributed by atoms with Gasteiger partial charge in [0, 0.05) is 6.42 Å². The van der Waals surface area contributed by atoms with Gasteiger partial charge in [0.05, 0.1) is 13.5 Å². The fraction of sp³-hybridized carbons (Fsp3) is 0.160. The van der Waals surface area contributed by atoms with Gasteiger partial charge < -0.3 is 15.8 Å². The van der Waals surface area contributed by atoms with E-state index in [1.54, 1.807) is 7.11 Å². The molecular weight excluding hydrogens is 376 g/mol. The first-order valence-electron chi connectivity index (χ1n) is 9.75. The predicted octanol–water partition coefficient (Wildman–Crippen LogP) is 3.32. The molecule has 30 heavy (non-hydrogen) atoms. The largest absolute Gasteiger partial charge is 0.497 e. The van der Waals surface area contributed by atoms with Crippen molar-refractivity contribution in [1.82, 2.24) is 5.32 Å². The van der Waals surface area contributed by atoms with Gasteiger partial charge in [-0.3, -0.25) is 9.59 Å². The van der Waals surface area contributed by atoms with Gasteiger partial charge >= 0.3 is 0 Å². The zero-order chi connectivity index (χ0) is 21.3. The van der Waals surface area contributed by atoms with Gasteiger partial charge in [-0.25, -0.2) is 0 Å². The van der Waals surface area contributed by atoms with E-state index in [4.69, 9.17) is 10.5 Å². The highest BCUT2D eigenvalue weighted by atomic mass is 16.5. The summed E-state index contributed by atoms with van der Waals surface area (Å²) in [6.07, 6.45) is 2.29. The van der Waals surface area contributed by atoms with Crippen molar-refractivity contribution < 1.29 is 14.3 Å². The zero-order valence-corrected chi connectivity index (χ0v) is 16.9. The van der Waals surface area contributed by atoms with Crippen LogP contribution in [0.15, 0.2) is 78.9 Å². The summed E-state index contributed by atoms with van der Waals surface area (Å²) in [5.41, 5.74) is 9.62. The third-order valence-electron chi connectivity index (χ3n) is 4.82. The Labute approximate surface area is 176 Å². The van der Waals surface area contributed by atoms with Crippen molar-refractivity contribution in [2.45, 2.75) is 18.9 Å². The molecule has 0 saturated heterocycles. The lowest BCUT2D eigenvalue weighted by molar-refractivity contribution is -0.125. The van der Waals surface area contributed by atoms with Crippen molar-refractivity contribution in [1.29, 1.82) is 0 Å². The van der Waals surface area contributed by atoms with Crippen molar-refractivity contribution in [3.8, 4) is 16.9 Å². The number of primary amides is 1. The molecule has 0 heterocycles. The maximum atomic E-state index is 12.3. The second-order valence-corrected chi connectivity index (χ2v) is 6.99. The number of rotatable bonds is 9. The maximum absolute atomic E-state index is 12.3. The number of nitrogens with one attached hydrogen (secondary N) is 1. The second kappa shape index (κ2) is 10.3. The molecule has 0 spiro atoms. The number of amides is 2. The average molecular weight is 401 g/mol. The molecule has 0 aliphatic carbocycles. The Morgan fingerprint density at radius 2 is 1.63 bits per heavy atom. The average Bonchev–Trinajstić information content (AvgIpc) is 2.78. The minimum Gasteiger partial charge on any atom is -0.497 e. The minimum absolute atomic E-state index is 0.303. The van der Waals surface area contributed by atoms with Crippen LogP contribution >= 0.6 is 0 Å². The van der Waals surface area contributed by atoms with E-state index in [1.807, 2.05) is 66.7 Å². The van der Waals surface area contributed by atoms with Crippen LogP contribution in [0.5, 0.6) is 5.75 Å². The molecular formula is C25H25N2O3. The highest BCUT2D eigenvalue weighted by Gasteiger charge is 2.19. The molecule has 0 aliphatic rings. The van der Waals surface area contributed by atoms with Crippen LogP contribution in [0.3, 0.4) is 0 Å². The van der Waals surface area contributed by atoms with Gasteiger partial charge in [0.15, 0.2) is 0 Å². The highest BCUT2D eigenvalue weighted by Crippen LogP contribution is 2.19. The van der Waals surface area contributed by atoms with E-state index in [9.17, 15) is 9.59 Å². The van der Waals surface area contributed by atoms with E-state index < -0.39 is 11.9 Å². The normalized spacial score (nSPS) is 11.5. The molecule has 0 aliphatic heterocycles. The van der Waals surface area contributed by atoms with Crippen molar-refractivity contribution in [3.05, 3.63) is 96.4 Å². The van der Waals surface area contributed by atoms with Gasteiger partial charge in [-0.1, -0.05) is 66.7 Å². The van der Waals surface area contributed by atoms with E-state index in [0.29, 0.717) is 18.6 Å². The molecule has 0 saturated carbocycles. The Balaban J connectivity index is 1.54. The predicted molar refractivity (Wildman–Crippen MR) is 118 cm³/mol. The molecule has 3 aromatic carbocycles. The van der Waals surface area contributed by atoms with Crippen LogP contribution < -0.4 is 15.8 Å². The van der Waals surface area contributed by atoms with Crippen LogP contribution in [0.1, 0.15) is 11.1 Å². The van der Waals surface area contributed by atoms with Crippen LogP contribution in [0.4, 0.5) is 0 Å². The number of carbonyl (C=O) groups excluding carboxylic acids is 2. The first kappa shape index (κ1) is 21.1. The van der Waals surface area contributed by atoms with Gasteiger partial charge in [-0.2, -0.15) is 0 Å². The third kappa shape index (κ3) is 5.95. The van der Waals surface area contributed by atoms with E-state index in [-0.39, 0.29) is 5.91 Å². The molecule has 2 amide bonds. The molecule has 5 heteroatoms. The monoisotopic (exact) mass is 401 g/mol. The number of ether oxygens (including phenoxy) is 1. The Bertz CT molecular complexity index is 985. The van der Waals surface area contributed by atoms with Gasteiger partial charge in [0.25, 0.3) is 0 Å². The molecule has 1 radical (unpaired) electrons. The maximum Gasteiger partial charge on any atom is 0.240 e. The van der Waals surface area contributed by atoms with Crippen molar-refractivity contribution in [2.24, 2.45) is 5.73 Å². The van der Waals surface area contributed by atoms with E-state index >= 15 is 0 Å². The first-order valence-corrected chi connectivity index (χ1v) is 9.75. The van der Waals surface area contributed by atoms with Crippen molar-refractivity contribution in [3.63, 3.8) is 0 Å². The molecule has 1 atom stereocenters. The van der Waals surface area contributed by atoms with E-state index in [1.165, 1.54) is 6.42 Å². The summed E-state index contributed by atoms with van der Waals surface area (Å²) in [4.78, 5) is 24.1. The molecule has 0 bridgehead atoms. The van der Waals surface area contributed by atoms with Crippen LogP contribution in [0, 0.1) is 6.42 Å². The molecule has 5 nitrogen and oxygen atoms in total. The summed E-state index contributed by atoms with van der Waals surface area (Å²) in [5, 5.41) is 2.70. The lowest BCUT2D eigenvalue weighted by Gasteiger charge is -2.16. The molecule has 153 valence electrons. The standard InChI is InChI=1S/C25H25N2O3/c1-30-22-9-5-6-19(16-22)17-23(25(26)29)27-24(28)15-12-18-10-13-21(14-11-18)20-7-3-2-4-8-20/h2-11,13-16,23H,12,17H2,1H3,(H2,26,29)(H,27,28)/t23-/m0/s1.